The Bertz CT molecular complexity index is 139. The predicted molar refractivity (Wildman–Crippen MR) is 52.4 cm³/mol. The Morgan fingerprint density at radius 1 is 1.58 bits per heavy atom. The third-order valence-electron chi connectivity index (χ3n) is 1.64. The van der Waals surface area contributed by atoms with Gasteiger partial charge in [-0.15, -0.1) is 0 Å². The van der Waals surface area contributed by atoms with Gasteiger partial charge in [-0.05, 0) is 20.3 Å². The van der Waals surface area contributed by atoms with Crippen molar-refractivity contribution < 1.29 is 9.90 Å². The second-order valence-electron chi connectivity index (χ2n) is 2.92. The van der Waals surface area contributed by atoms with Gasteiger partial charge in [-0.3, -0.25) is 4.79 Å². The summed E-state index contributed by atoms with van der Waals surface area (Å²) in [5.74, 6) is 0.269. The molecule has 0 radical (unpaired) electrons. The van der Waals surface area contributed by atoms with Crippen LogP contribution in [0.25, 0.3) is 0 Å². The van der Waals surface area contributed by atoms with Gasteiger partial charge in [0.05, 0.1) is 5.75 Å². The topological polar surface area (TPSA) is 40.5 Å². The molecular formula is C8H17NO2S. The lowest BCUT2D eigenvalue weighted by Gasteiger charge is -2.25. The molecule has 0 heterocycles. The predicted octanol–water partition coefficient (Wildman–Crippen LogP) is 0.536. The van der Waals surface area contributed by atoms with E-state index in [1.54, 1.807) is 4.90 Å². The van der Waals surface area contributed by atoms with E-state index in [1.165, 1.54) is 0 Å². The second-order valence-corrected chi connectivity index (χ2v) is 3.23. The molecule has 0 saturated heterocycles. The molecule has 0 aliphatic heterocycles. The average molecular weight is 191 g/mol. The van der Waals surface area contributed by atoms with Gasteiger partial charge in [-0.1, -0.05) is 0 Å². The number of carbonyl (C=O) groups excluding carboxylic acids is 1. The van der Waals surface area contributed by atoms with Crippen molar-refractivity contribution in [2.24, 2.45) is 0 Å². The van der Waals surface area contributed by atoms with Gasteiger partial charge in [0.15, 0.2) is 0 Å². The maximum atomic E-state index is 11.2. The van der Waals surface area contributed by atoms with Crippen LogP contribution in [0, 0.1) is 0 Å². The summed E-state index contributed by atoms with van der Waals surface area (Å²) in [7, 11) is 0. The number of amides is 1. The van der Waals surface area contributed by atoms with Crippen molar-refractivity contribution in [1.82, 2.24) is 4.90 Å². The average Bonchev–Trinajstić information content (AvgIpc) is 2.04. The largest absolute Gasteiger partial charge is 0.396 e. The van der Waals surface area contributed by atoms with Crippen LogP contribution in [-0.2, 0) is 4.79 Å². The molecule has 0 aliphatic carbocycles. The molecule has 0 fully saturated rings. The second kappa shape index (κ2) is 6.31. The number of hydrogen-bond donors (Lipinski definition) is 2. The van der Waals surface area contributed by atoms with E-state index in [0.29, 0.717) is 13.0 Å². The van der Waals surface area contributed by atoms with Crippen LogP contribution >= 0.6 is 12.6 Å². The first kappa shape index (κ1) is 11.8. The van der Waals surface area contributed by atoms with Crippen LogP contribution in [-0.4, -0.2) is 40.9 Å². The summed E-state index contributed by atoms with van der Waals surface area (Å²) in [5, 5.41) is 8.59. The van der Waals surface area contributed by atoms with Gasteiger partial charge in [-0.2, -0.15) is 12.6 Å². The van der Waals surface area contributed by atoms with Gasteiger partial charge in [0, 0.05) is 19.2 Å². The number of carbonyl (C=O) groups is 1. The molecule has 0 aromatic rings. The Hall–Kier alpha value is -0.220. The first-order valence-corrected chi connectivity index (χ1v) is 4.78. The minimum atomic E-state index is 0.0294. The molecule has 0 unspecified atom stereocenters. The van der Waals surface area contributed by atoms with Crippen LogP contribution in [0.4, 0.5) is 0 Å². The summed E-state index contributed by atoms with van der Waals surface area (Å²) in [5.41, 5.74) is 0. The van der Waals surface area contributed by atoms with Crippen molar-refractivity contribution >= 4 is 18.5 Å². The zero-order chi connectivity index (χ0) is 9.56. The maximum Gasteiger partial charge on any atom is 0.232 e. The van der Waals surface area contributed by atoms with Gasteiger partial charge < -0.3 is 10.0 Å². The molecule has 0 aromatic heterocycles. The fourth-order valence-electron chi connectivity index (χ4n) is 1.00. The van der Waals surface area contributed by atoms with Gasteiger partial charge in [0.25, 0.3) is 0 Å². The van der Waals surface area contributed by atoms with E-state index < -0.39 is 0 Å². The Labute approximate surface area is 79.2 Å². The first-order chi connectivity index (χ1) is 5.63. The fourth-order valence-corrected chi connectivity index (χ4v) is 1.18. The highest BCUT2D eigenvalue weighted by Gasteiger charge is 2.13. The van der Waals surface area contributed by atoms with Gasteiger partial charge >= 0.3 is 0 Å². The zero-order valence-corrected chi connectivity index (χ0v) is 8.55. The molecule has 12 heavy (non-hydrogen) atoms. The van der Waals surface area contributed by atoms with E-state index >= 15 is 0 Å². The van der Waals surface area contributed by atoms with E-state index in [1.807, 2.05) is 13.8 Å². The van der Waals surface area contributed by atoms with Crippen LogP contribution in [0.1, 0.15) is 20.3 Å². The van der Waals surface area contributed by atoms with Gasteiger partial charge in [-0.25, -0.2) is 0 Å². The van der Waals surface area contributed by atoms with Crippen molar-refractivity contribution in [1.29, 1.82) is 0 Å². The third kappa shape index (κ3) is 3.97. The Morgan fingerprint density at radius 2 is 2.17 bits per heavy atom. The maximum absolute atomic E-state index is 11.2. The van der Waals surface area contributed by atoms with E-state index in [2.05, 4.69) is 12.6 Å². The van der Waals surface area contributed by atoms with Crippen LogP contribution in [0.5, 0.6) is 0 Å². The summed E-state index contributed by atoms with van der Waals surface area (Å²) in [6, 6.07) is 0.191. The van der Waals surface area contributed by atoms with Crippen molar-refractivity contribution in [3.05, 3.63) is 0 Å². The summed E-state index contributed by atoms with van der Waals surface area (Å²) in [6.45, 7) is 4.66. The molecule has 1 N–H and O–H groups in total. The van der Waals surface area contributed by atoms with Crippen LogP contribution in [0.15, 0.2) is 0 Å². The van der Waals surface area contributed by atoms with Gasteiger partial charge in [0.2, 0.25) is 5.91 Å². The Morgan fingerprint density at radius 3 is 2.50 bits per heavy atom. The summed E-state index contributed by atoms with van der Waals surface area (Å²) >= 11 is 3.92. The Balaban J connectivity index is 3.95. The third-order valence-corrected chi connectivity index (χ3v) is 1.91. The van der Waals surface area contributed by atoms with Crippen molar-refractivity contribution in [3.8, 4) is 0 Å². The minimum Gasteiger partial charge on any atom is -0.396 e. The highest BCUT2D eigenvalue weighted by molar-refractivity contribution is 7.81. The zero-order valence-electron chi connectivity index (χ0n) is 7.66. The number of rotatable bonds is 5. The molecule has 1 amide bonds. The molecule has 0 saturated carbocycles. The summed E-state index contributed by atoms with van der Waals surface area (Å²) < 4.78 is 0. The van der Waals surface area contributed by atoms with E-state index in [4.69, 9.17) is 5.11 Å². The van der Waals surface area contributed by atoms with Crippen LogP contribution in [0.3, 0.4) is 0 Å². The molecule has 0 aromatic carbocycles. The fraction of sp³-hybridized carbons (Fsp3) is 0.875. The van der Waals surface area contributed by atoms with Crippen molar-refractivity contribution in [2.75, 3.05) is 18.9 Å². The van der Waals surface area contributed by atoms with Crippen LogP contribution < -0.4 is 0 Å². The Kier molecular flexibility index (Phi) is 6.20. The molecule has 3 nitrogen and oxygen atoms in total. The summed E-state index contributed by atoms with van der Waals surface area (Å²) in [4.78, 5) is 13.0. The molecular weight excluding hydrogens is 174 g/mol. The number of nitrogens with zero attached hydrogens (tertiary/aromatic N) is 1. The quantitative estimate of drug-likeness (QED) is 0.623. The molecule has 0 spiro atoms. The molecule has 0 rings (SSSR count). The molecule has 0 atom stereocenters. The van der Waals surface area contributed by atoms with Crippen molar-refractivity contribution in [2.45, 2.75) is 26.3 Å². The van der Waals surface area contributed by atoms with Crippen molar-refractivity contribution in [3.63, 3.8) is 0 Å². The first-order valence-electron chi connectivity index (χ1n) is 4.14. The standard InChI is InChI=1S/C8H17NO2S/c1-7(2)9(4-3-5-10)8(11)6-12/h7,10,12H,3-6H2,1-2H3. The lowest BCUT2D eigenvalue weighted by atomic mass is 10.3. The highest BCUT2D eigenvalue weighted by atomic mass is 32.1. The minimum absolute atomic E-state index is 0.0294. The smallest absolute Gasteiger partial charge is 0.232 e. The van der Waals surface area contributed by atoms with Gasteiger partial charge in [0.1, 0.15) is 0 Å². The van der Waals surface area contributed by atoms with E-state index in [-0.39, 0.29) is 24.3 Å². The number of thiol groups is 1. The highest BCUT2D eigenvalue weighted by Crippen LogP contribution is 2.01. The number of aliphatic hydroxyl groups is 1. The number of aliphatic hydroxyl groups excluding tert-OH is 1. The lowest BCUT2D eigenvalue weighted by molar-refractivity contribution is -0.130. The molecule has 72 valence electrons. The lowest BCUT2D eigenvalue weighted by Crippen LogP contribution is -2.38. The molecule has 0 bridgehead atoms. The SMILES string of the molecule is CC(C)N(CCCO)C(=O)CS. The summed E-state index contributed by atoms with van der Waals surface area (Å²) in [6.07, 6.45) is 0.637. The number of hydrogen-bond acceptors (Lipinski definition) is 3. The van der Waals surface area contributed by atoms with E-state index in [9.17, 15) is 4.79 Å². The molecule has 0 aliphatic rings. The normalized spacial score (nSPS) is 10.4. The van der Waals surface area contributed by atoms with E-state index in [0.717, 1.165) is 0 Å². The van der Waals surface area contributed by atoms with Crippen LogP contribution in [0.2, 0.25) is 0 Å². The monoisotopic (exact) mass is 191 g/mol. The molecule has 4 heteroatoms.